The summed E-state index contributed by atoms with van der Waals surface area (Å²) in [4.78, 5) is 0. The van der Waals surface area contributed by atoms with E-state index in [1.54, 1.807) is 6.07 Å². The predicted octanol–water partition coefficient (Wildman–Crippen LogP) is 1.61. The van der Waals surface area contributed by atoms with Gasteiger partial charge in [0, 0.05) is 6.61 Å². The molecule has 3 rings (SSSR count). The Morgan fingerprint density at radius 1 is 1.20 bits per heavy atom. The Balaban J connectivity index is 1.68. The second-order valence-corrected chi connectivity index (χ2v) is 5.02. The lowest BCUT2D eigenvalue weighted by Crippen LogP contribution is -2.35. The third kappa shape index (κ3) is 3.38. The second-order valence-electron chi connectivity index (χ2n) is 5.02. The SMILES string of the molecule is Fc1ccc(B2OCCO2)c(COC2CCCCO2)c1. The van der Waals surface area contributed by atoms with Crippen LogP contribution in [0.25, 0.3) is 0 Å². The van der Waals surface area contributed by atoms with Crippen molar-refractivity contribution in [2.75, 3.05) is 19.8 Å². The van der Waals surface area contributed by atoms with Crippen LogP contribution in [0.5, 0.6) is 0 Å². The highest BCUT2D eigenvalue weighted by atomic mass is 19.1. The van der Waals surface area contributed by atoms with Gasteiger partial charge in [0.1, 0.15) is 5.82 Å². The average Bonchev–Trinajstić information content (AvgIpc) is 3.00. The van der Waals surface area contributed by atoms with Crippen LogP contribution in [0.15, 0.2) is 18.2 Å². The number of rotatable bonds is 4. The van der Waals surface area contributed by atoms with Gasteiger partial charge in [-0.1, -0.05) is 6.07 Å². The van der Waals surface area contributed by atoms with E-state index in [-0.39, 0.29) is 12.1 Å². The van der Waals surface area contributed by atoms with Crippen molar-refractivity contribution in [2.45, 2.75) is 32.2 Å². The average molecular weight is 280 g/mol. The van der Waals surface area contributed by atoms with Crippen molar-refractivity contribution < 1.29 is 23.2 Å². The Labute approximate surface area is 118 Å². The van der Waals surface area contributed by atoms with Crippen LogP contribution in [0.3, 0.4) is 0 Å². The van der Waals surface area contributed by atoms with Crippen molar-refractivity contribution in [3.8, 4) is 0 Å². The van der Waals surface area contributed by atoms with Crippen LogP contribution in [0.4, 0.5) is 4.39 Å². The summed E-state index contributed by atoms with van der Waals surface area (Å²) < 4.78 is 35.6. The summed E-state index contributed by atoms with van der Waals surface area (Å²) in [5, 5.41) is 0. The molecular weight excluding hydrogens is 262 g/mol. The molecule has 4 nitrogen and oxygen atoms in total. The number of hydrogen-bond donors (Lipinski definition) is 0. The summed E-state index contributed by atoms with van der Waals surface area (Å²) in [6.45, 7) is 2.17. The molecule has 2 fully saturated rings. The number of hydrogen-bond acceptors (Lipinski definition) is 4. The maximum Gasteiger partial charge on any atom is 0.494 e. The molecule has 1 atom stereocenters. The molecule has 0 bridgehead atoms. The summed E-state index contributed by atoms with van der Waals surface area (Å²) >= 11 is 0. The molecule has 0 saturated carbocycles. The first-order chi connectivity index (χ1) is 9.83. The molecule has 2 aliphatic rings. The van der Waals surface area contributed by atoms with E-state index in [0.29, 0.717) is 19.8 Å². The van der Waals surface area contributed by atoms with E-state index in [9.17, 15) is 4.39 Å². The van der Waals surface area contributed by atoms with Gasteiger partial charge in [-0.15, -0.1) is 0 Å². The minimum absolute atomic E-state index is 0.190. The van der Waals surface area contributed by atoms with Gasteiger partial charge in [-0.25, -0.2) is 4.39 Å². The third-order valence-electron chi connectivity index (χ3n) is 3.54. The molecule has 2 heterocycles. The normalized spacial score (nSPS) is 23.2. The van der Waals surface area contributed by atoms with Crippen molar-refractivity contribution in [1.29, 1.82) is 0 Å². The molecule has 6 heteroatoms. The first kappa shape index (κ1) is 14.0. The first-order valence-electron chi connectivity index (χ1n) is 7.08. The lowest BCUT2D eigenvalue weighted by Gasteiger charge is -2.23. The zero-order chi connectivity index (χ0) is 13.8. The quantitative estimate of drug-likeness (QED) is 0.785. The topological polar surface area (TPSA) is 36.9 Å². The van der Waals surface area contributed by atoms with Gasteiger partial charge in [-0.2, -0.15) is 0 Å². The fourth-order valence-corrected chi connectivity index (χ4v) is 2.49. The molecule has 1 aromatic rings. The summed E-state index contributed by atoms with van der Waals surface area (Å²) in [6.07, 6.45) is 2.89. The Bertz CT molecular complexity index is 445. The summed E-state index contributed by atoms with van der Waals surface area (Å²) in [6, 6.07) is 4.59. The van der Waals surface area contributed by atoms with Gasteiger partial charge in [-0.3, -0.25) is 0 Å². The van der Waals surface area contributed by atoms with Crippen molar-refractivity contribution in [3.05, 3.63) is 29.6 Å². The molecule has 0 aromatic heterocycles. The highest BCUT2D eigenvalue weighted by Gasteiger charge is 2.29. The van der Waals surface area contributed by atoms with Crippen LogP contribution in [0, 0.1) is 5.82 Å². The molecule has 108 valence electrons. The zero-order valence-electron chi connectivity index (χ0n) is 11.3. The molecule has 1 unspecified atom stereocenters. The molecule has 20 heavy (non-hydrogen) atoms. The van der Waals surface area contributed by atoms with E-state index in [1.807, 2.05) is 0 Å². The number of benzene rings is 1. The van der Waals surface area contributed by atoms with Crippen molar-refractivity contribution in [3.63, 3.8) is 0 Å². The van der Waals surface area contributed by atoms with Crippen LogP contribution in [0.2, 0.25) is 0 Å². The third-order valence-corrected chi connectivity index (χ3v) is 3.54. The van der Waals surface area contributed by atoms with E-state index >= 15 is 0 Å². The minimum Gasteiger partial charge on any atom is -0.405 e. The van der Waals surface area contributed by atoms with Gasteiger partial charge in [0.2, 0.25) is 0 Å². The molecule has 0 spiro atoms. The van der Waals surface area contributed by atoms with E-state index in [0.717, 1.165) is 36.9 Å². The van der Waals surface area contributed by atoms with Crippen LogP contribution < -0.4 is 5.46 Å². The van der Waals surface area contributed by atoms with Crippen molar-refractivity contribution in [1.82, 2.24) is 0 Å². The zero-order valence-corrected chi connectivity index (χ0v) is 11.3. The molecule has 0 amide bonds. The number of ether oxygens (including phenoxy) is 2. The predicted molar refractivity (Wildman–Crippen MR) is 72.1 cm³/mol. The fourth-order valence-electron chi connectivity index (χ4n) is 2.49. The smallest absolute Gasteiger partial charge is 0.405 e. The van der Waals surface area contributed by atoms with E-state index in [1.165, 1.54) is 12.1 Å². The second kappa shape index (κ2) is 6.67. The summed E-state index contributed by atoms with van der Waals surface area (Å²) in [5.74, 6) is -0.282. The van der Waals surface area contributed by atoms with Gasteiger partial charge in [0.05, 0.1) is 19.8 Å². The van der Waals surface area contributed by atoms with E-state index in [4.69, 9.17) is 18.8 Å². The van der Waals surface area contributed by atoms with Gasteiger partial charge in [0.15, 0.2) is 6.29 Å². The molecule has 0 N–H and O–H groups in total. The van der Waals surface area contributed by atoms with Crippen molar-refractivity contribution >= 4 is 12.6 Å². The molecule has 0 radical (unpaired) electrons. The first-order valence-corrected chi connectivity index (χ1v) is 7.08. The molecule has 2 saturated heterocycles. The molecule has 0 aliphatic carbocycles. The fraction of sp³-hybridized carbons (Fsp3) is 0.571. The van der Waals surface area contributed by atoms with E-state index in [2.05, 4.69) is 0 Å². The molecule has 1 aromatic carbocycles. The number of halogens is 1. The largest absolute Gasteiger partial charge is 0.494 e. The summed E-state index contributed by atoms with van der Waals surface area (Å²) in [7, 11) is -0.415. The Kier molecular flexibility index (Phi) is 4.67. The van der Waals surface area contributed by atoms with Crippen LogP contribution in [0.1, 0.15) is 24.8 Å². The summed E-state index contributed by atoms with van der Waals surface area (Å²) in [5.41, 5.74) is 1.59. The van der Waals surface area contributed by atoms with Crippen molar-refractivity contribution in [2.24, 2.45) is 0 Å². The van der Waals surface area contributed by atoms with Crippen LogP contribution in [-0.4, -0.2) is 33.2 Å². The molecule has 2 aliphatic heterocycles. The maximum atomic E-state index is 13.4. The Hall–Kier alpha value is -0.945. The molecular formula is C14H18BFO4. The Morgan fingerprint density at radius 3 is 2.80 bits per heavy atom. The van der Waals surface area contributed by atoms with Crippen LogP contribution >= 0.6 is 0 Å². The monoisotopic (exact) mass is 280 g/mol. The minimum atomic E-state index is -0.415. The maximum absolute atomic E-state index is 13.4. The van der Waals surface area contributed by atoms with Crippen LogP contribution in [-0.2, 0) is 25.4 Å². The lowest BCUT2D eigenvalue weighted by molar-refractivity contribution is -0.168. The highest BCUT2D eigenvalue weighted by Crippen LogP contribution is 2.16. The standard InChI is InChI=1S/C14H18BFO4/c16-12-4-5-13(15-19-7-8-20-15)11(9-12)10-18-14-3-1-2-6-17-14/h4-5,9,14H,1-3,6-8,10H2. The van der Waals surface area contributed by atoms with Gasteiger partial charge in [0.25, 0.3) is 0 Å². The highest BCUT2D eigenvalue weighted by molar-refractivity contribution is 6.62. The van der Waals surface area contributed by atoms with Gasteiger partial charge >= 0.3 is 7.12 Å². The van der Waals surface area contributed by atoms with E-state index < -0.39 is 7.12 Å². The van der Waals surface area contributed by atoms with Gasteiger partial charge in [-0.05, 0) is 42.4 Å². The lowest BCUT2D eigenvalue weighted by atomic mass is 9.76. The van der Waals surface area contributed by atoms with Gasteiger partial charge < -0.3 is 18.8 Å². The Morgan fingerprint density at radius 2 is 2.05 bits per heavy atom.